The number of piperazine rings is 1. The lowest BCUT2D eigenvalue weighted by molar-refractivity contribution is -0.158. The summed E-state index contributed by atoms with van der Waals surface area (Å²) in [5.74, 6) is -0.241. The Bertz CT molecular complexity index is 475. The largest absolute Gasteiger partial charge is 0.464 e. The van der Waals surface area contributed by atoms with Crippen molar-refractivity contribution in [1.29, 1.82) is 0 Å². The minimum atomic E-state index is -0.837. The molecule has 1 aromatic rings. The lowest BCUT2D eigenvalue weighted by Gasteiger charge is -2.42. The zero-order chi connectivity index (χ0) is 14.6. The van der Waals surface area contributed by atoms with Crippen molar-refractivity contribution in [2.45, 2.75) is 19.4 Å². The lowest BCUT2D eigenvalue weighted by Crippen LogP contribution is -2.57. The first-order chi connectivity index (χ1) is 9.60. The fraction of sp³-hybridized carbons (Fsp3) is 0.533. The van der Waals surface area contributed by atoms with Gasteiger partial charge in [-0.25, -0.2) is 4.79 Å². The number of carbonyl (C=O) groups is 1. The average molecular weight is 297 g/mol. The Balaban J connectivity index is 2.42. The molecule has 1 aliphatic rings. The van der Waals surface area contributed by atoms with Gasteiger partial charge in [0.25, 0.3) is 0 Å². The standard InChI is InChI=1S/C15H21ClN2O2/c1-3-20-14(19)15(2,18-10-8-17-9-11-18)12-6-4-5-7-13(12)16/h4-7,17H,3,8-11H2,1-2H3. The number of halogens is 1. The second-order valence-electron chi connectivity index (χ2n) is 5.01. The number of rotatable bonds is 4. The van der Waals surface area contributed by atoms with Gasteiger partial charge >= 0.3 is 5.97 Å². The topological polar surface area (TPSA) is 41.6 Å². The van der Waals surface area contributed by atoms with Crippen LogP contribution in [0.3, 0.4) is 0 Å². The summed E-state index contributed by atoms with van der Waals surface area (Å²) in [6.45, 7) is 7.39. The molecule has 1 aromatic carbocycles. The number of nitrogens with one attached hydrogen (secondary N) is 1. The Labute approximate surface area is 125 Å². The van der Waals surface area contributed by atoms with Crippen LogP contribution < -0.4 is 5.32 Å². The monoisotopic (exact) mass is 296 g/mol. The third-order valence-electron chi connectivity index (χ3n) is 3.82. The third kappa shape index (κ3) is 2.82. The minimum Gasteiger partial charge on any atom is -0.464 e. The predicted molar refractivity (Wildman–Crippen MR) is 79.9 cm³/mol. The molecule has 0 saturated carbocycles. The first-order valence-corrected chi connectivity index (χ1v) is 7.36. The van der Waals surface area contributed by atoms with E-state index in [1.54, 1.807) is 0 Å². The maximum atomic E-state index is 12.6. The van der Waals surface area contributed by atoms with Crippen molar-refractivity contribution >= 4 is 17.6 Å². The molecule has 4 nitrogen and oxygen atoms in total. The number of ether oxygens (including phenoxy) is 1. The molecule has 0 radical (unpaired) electrons. The van der Waals surface area contributed by atoms with E-state index in [0.29, 0.717) is 11.6 Å². The van der Waals surface area contributed by atoms with E-state index in [1.165, 1.54) is 0 Å². The molecule has 2 rings (SSSR count). The quantitative estimate of drug-likeness (QED) is 0.863. The van der Waals surface area contributed by atoms with E-state index < -0.39 is 5.54 Å². The highest BCUT2D eigenvalue weighted by atomic mass is 35.5. The third-order valence-corrected chi connectivity index (χ3v) is 4.15. The summed E-state index contributed by atoms with van der Waals surface area (Å²) < 4.78 is 5.31. The highest BCUT2D eigenvalue weighted by Gasteiger charge is 2.44. The van der Waals surface area contributed by atoms with Gasteiger partial charge in [-0.2, -0.15) is 0 Å². The molecule has 1 N–H and O–H groups in total. The molecule has 1 saturated heterocycles. The Kier molecular flexibility index (Phi) is 5.02. The van der Waals surface area contributed by atoms with Crippen molar-refractivity contribution in [3.8, 4) is 0 Å². The van der Waals surface area contributed by atoms with Crippen molar-refractivity contribution in [2.75, 3.05) is 32.8 Å². The smallest absolute Gasteiger partial charge is 0.330 e. The van der Waals surface area contributed by atoms with Gasteiger partial charge in [-0.15, -0.1) is 0 Å². The maximum Gasteiger partial charge on any atom is 0.330 e. The summed E-state index contributed by atoms with van der Waals surface area (Å²) in [4.78, 5) is 14.7. The minimum absolute atomic E-state index is 0.241. The number of carbonyl (C=O) groups excluding carboxylic acids is 1. The van der Waals surface area contributed by atoms with Crippen LogP contribution in [0.15, 0.2) is 24.3 Å². The number of hydrogen-bond donors (Lipinski definition) is 1. The summed E-state index contributed by atoms with van der Waals surface area (Å²) >= 11 is 6.32. The van der Waals surface area contributed by atoms with Gasteiger partial charge in [0.15, 0.2) is 0 Å². The van der Waals surface area contributed by atoms with Gasteiger partial charge in [0.2, 0.25) is 0 Å². The van der Waals surface area contributed by atoms with Crippen molar-refractivity contribution in [3.63, 3.8) is 0 Å². The zero-order valence-corrected chi connectivity index (χ0v) is 12.7. The molecule has 1 heterocycles. The molecule has 0 aliphatic carbocycles. The molecular formula is C15H21ClN2O2. The first-order valence-electron chi connectivity index (χ1n) is 6.98. The second-order valence-corrected chi connectivity index (χ2v) is 5.42. The number of benzene rings is 1. The SMILES string of the molecule is CCOC(=O)C(C)(c1ccccc1Cl)N1CCNCC1. The Morgan fingerprint density at radius 3 is 2.65 bits per heavy atom. The van der Waals surface area contributed by atoms with E-state index in [9.17, 15) is 4.79 Å². The van der Waals surface area contributed by atoms with Gasteiger partial charge in [0.05, 0.1) is 6.61 Å². The van der Waals surface area contributed by atoms with Crippen LogP contribution in [0, 0.1) is 0 Å². The van der Waals surface area contributed by atoms with E-state index in [0.717, 1.165) is 31.7 Å². The Morgan fingerprint density at radius 2 is 2.05 bits per heavy atom. The summed E-state index contributed by atoms with van der Waals surface area (Å²) in [6, 6.07) is 7.49. The summed E-state index contributed by atoms with van der Waals surface area (Å²) in [5.41, 5.74) is -0.0294. The molecule has 1 unspecified atom stereocenters. The normalized spacial score (nSPS) is 19.4. The van der Waals surface area contributed by atoms with Gasteiger partial charge in [0, 0.05) is 36.8 Å². The molecular weight excluding hydrogens is 276 g/mol. The number of esters is 1. The average Bonchev–Trinajstić information content (AvgIpc) is 2.48. The van der Waals surface area contributed by atoms with Crippen molar-refractivity contribution in [3.05, 3.63) is 34.9 Å². The molecule has 5 heteroatoms. The van der Waals surface area contributed by atoms with Crippen LogP contribution >= 0.6 is 11.6 Å². The van der Waals surface area contributed by atoms with Gasteiger partial charge in [-0.1, -0.05) is 29.8 Å². The molecule has 110 valence electrons. The van der Waals surface area contributed by atoms with Crippen LogP contribution in [-0.4, -0.2) is 43.7 Å². The highest BCUT2D eigenvalue weighted by molar-refractivity contribution is 6.31. The van der Waals surface area contributed by atoms with Gasteiger partial charge < -0.3 is 10.1 Å². The van der Waals surface area contributed by atoms with E-state index in [-0.39, 0.29) is 5.97 Å². The number of nitrogens with zero attached hydrogens (tertiary/aromatic N) is 1. The Hall–Kier alpha value is -1.10. The molecule has 20 heavy (non-hydrogen) atoms. The molecule has 0 aromatic heterocycles. The summed E-state index contributed by atoms with van der Waals surface area (Å²) in [7, 11) is 0. The molecule has 1 fully saturated rings. The molecule has 0 spiro atoms. The van der Waals surface area contributed by atoms with Crippen LogP contribution in [0.2, 0.25) is 5.02 Å². The van der Waals surface area contributed by atoms with Crippen LogP contribution in [0.4, 0.5) is 0 Å². The van der Waals surface area contributed by atoms with E-state index in [2.05, 4.69) is 10.2 Å². The van der Waals surface area contributed by atoms with Gasteiger partial charge in [-0.3, -0.25) is 4.90 Å². The first kappa shape index (κ1) is 15.3. The molecule has 0 amide bonds. The second kappa shape index (κ2) is 6.57. The van der Waals surface area contributed by atoms with E-state index in [1.807, 2.05) is 38.1 Å². The summed E-state index contributed by atoms with van der Waals surface area (Å²) in [6.07, 6.45) is 0. The number of hydrogen-bond acceptors (Lipinski definition) is 4. The molecule has 1 atom stereocenters. The van der Waals surface area contributed by atoms with Crippen molar-refractivity contribution in [2.24, 2.45) is 0 Å². The zero-order valence-electron chi connectivity index (χ0n) is 12.0. The van der Waals surface area contributed by atoms with Crippen molar-refractivity contribution in [1.82, 2.24) is 10.2 Å². The summed E-state index contributed by atoms with van der Waals surface area (Å²) in [5, 5.41) is 3.90. The van der Waals surface area contributed by atoms with Crippen LogP contribution in [0.1, 0.15) is 19.4 Å². The van der Waals surface area contributed by atoms with Crippen LogP contribution in [0.25, 0.3) is 0 Å². The predicted octanol–water partition coefficient (Wildman–Crippen LogP) is 2.02. The van der Waals surface area contributed by atoms with Gasteiger partial charge in [0.1, 0.15) is 5.54 Å². The van der Waals surface area contributed by atoms with Gasteiger partial charge in [-0.05, 0) is 19.9 Å². The maximum absolute atomic E-state index is 12.6. The molecule has 0 bridgehead atoms. The van der Waals surface area contributed by atoms with E-state index >= 15 is 0 Å². The highest BCUT2D eigenvalue weighted by Crippen LogP contribution is 2.34. The Morgan fingerprint density at radius 1 is 1.40 bits per heavy atom. The van der Waals surface area contributed by atoms with Crippen molar-refractivity contribution < 1.29 is 9.53 Å². The molecule has 1 aliphatic heterocycles. The fourth-order valence-electron chi connectivity index (χ4n) is 2.65. The van der Waals surface area contributed by atoms with E-state index in [4.69, 9.17) is 16.3 Å². The lowest BCUT2D eigenvalue weighted by atomic mass is 9.89. The van der Waals surface area contributed by atoms with Crippen LogP contribution in [-0.2, 0) is 15.1 Å². The fourth-order valence-corrected chi connectivity index (χ4v) is 2.97. The van der Waals surface area contributed by atoms with Crippen LogP contribution in [0.5, 0.6) is 0 Å².